The minimum absolute atomic E-state index is 0.00786. The first-order valence-electron chi connectivity index (χ1n) is 6.29. The molecule has 98 valence electrons. The van der Waals surface area contributed by atoms with Crippen molar-refractivity contribution in [3.63, 3.8) is 0 Å². The van der Waals surface area contributed by atoms with Crippen molar-refractivity contribution in [1.29, 1.82) is 0 Å². The topological polar surface area (TPSA) is 29.5 Å². The van der Waals surface area contributed by atoms with Gasteiger partial charge in [0.25, 0.3) is 0 Å². The number of rotatable bonds is 3. The normalized spacial score (nSPS) is 18.7. The molecule has 1 aromatic carbocycles. The first-order chi connectivity index (χ1) is 9.33. The highest BCUT2D eigenvalue weighted by Gasteiger charge is 2.27. The van der Waals surface area contributed by atoms with E-state index in [0.29, 0.717) is 19.7 Å². The van der Waals surface area contributed by atoms with Crippen molar-refractivity contribution >= 4 is 17.2 Å². The summed E-state index contributed by atoms with van der Waals surface area (Å²) < 4.78 is 5.70. The molecule has 0 saturated carbocycles. The molecule has 0 aliphatic carbocycles. The second kappa shape index (κ2) is 5.55. The lowest BCUT2D eigenvalue weighted by Crippen LogP contribution is -2.29. The molecule has 2 heterocycles. The van der Waals surface area contributed by atoms with Crippen LogP contribution in [0.1, 0.15) is 16.5 Å². The zero-order chi connectivity index (χ0) is 13.1. The van der Waals surface area contributed by atoms with E-state index in [1.165, 1.54) is 0 Å². The number of carbonyl (C=O) groups is 1. The highest BCUT2D eigenvalue weighted by Crippen LogP contribution is 2.25. The van der Waals surface area contributed by atoms with E-state index in [4.69, 9.17) is 4.74 Å². The molecule has 1 aromatic heterocycles. The lowest BCUT2D eigenvalue weighted by Gasteiger charge is -2.13. The Morgan fingerprint density at radius 1 is 1.26 bits per heavy atom. The summed E-state index contributed by atoms with van der Waals surface area (Å²) in [4.78, 5) is 15.0. The summed E-state index contributed by atoms with van der Waals surface area (Å²) in [5.41, 5.74) is 1.13. The van der Waals surface area contributed by atoms with Crippen molar-refractivity contribution in [2.75, 3.05) is 13.3 Å². The van der Waals surface area contributed by atoms with Gasteiger partial charge in [0.2, 0.25) is 5.91 Å². The minimum Gasteiger partial charge on any atom is -0.351 e. The second-order valence-electron chi connectivity index (χ2n) is 4.57. The molecule has 4 heteroatoms. The predicted molar refractivity (Wildman–Crippen MR) is 74.9 cm³/mol. The van der Waals surface area contributed by atoms with E-state index in [0.717, 1.165) is 10.4 Å². The van der Waals surface area contributed by atoms with Gasteiger partial charge in [-0.3, -0.25) is 4.79 Å². The maximum Gasteiger partial charge on any atom is 0.229 e. The fraction of sp³-hybridized carbons (Fsp3) is 0.267. The Kier molecular flexibility index (Phi) is 3.62. The SMILES string of the molecule is O=C(Cc1cccs1)N1COC(c2ccccc2)C1. The van der Waals surface area contributed by atoms with Gasteiger partial charge in [0.1, 0.15) is 12.8 Å². The highest BCUT2D eigenvalue weighted by atomic mass is 32.1. The van der Waals surface area contributed by atoms with Crippen LogP contribution in [-0.4, -0.2) is 24.1 Å². The molecular weight excluding hydrogens is 258 g/mol. The maximum absolute atomic E-state index is 12.1. The van der Waals surface area contributed by atoms with E-state index >= 15 is 0 Å². The smallest absolute Gasteiger partial charge is 0.229 e. The van der Waals surface area contributed by atoms with E-state index in [-0.39, 0.29) is 12.0 Å². The Balaban J connectivity index is 1.61. The number of benzene rings is 1. The van der Waals surface area contributed by atoms with E-state index in [2.05, 4.69) is 0 Å². The standard InChI is InChI=1S/C15H15NO2S/c17-15(9-13-7-4-8-19-13)16-10-14(18-11-16)12-5-2-1-3-6-12/h1-8,14H,9-11H2. The quantitative estimate of drug-likeness (QED) is 0.860. The molecule has 1 fully saturated rings. The van der Waals surface area contributed by atoms with Crippen LogP contribution in [0.25, 0.3) is 0 Å². The molecular formula is C15H15NO2S. The largest absolute Gasteiger partial charge is 0.351 e. The lowest BCUT2D eigenvalue weighted by atomic mass is 10.1. The third kappa shape index (κ3) is 2.85. The third-order valence-corrected chi connectivity index (χ3v) is 4.12. The summed E-state index contributed by atoms with van der Waals surface area (Å²) in [5, 5.41) is 2.00. The molecule has 1 unspecified atom stereocenters. The van der Waals surface area contributed by atoms with Crippen LogP contribution in [0.4, 0.5) is 0 Å². The summed E-state index contributed by atoms with van der Waals surface area (Å²) in [7, 11) is 0. The van der Waals surface area contributed by atoms with Crippen LogP contribution in [-0.2, 0) is 16.0 Å². The fourth-order valence-corrected chi connectivity index (χ4v) is 2.90. The number of hydrogen-bond acceptors (Lipinski definition) is 3. The molecule has 0 radical (unpaired) electrons. The Morgan fingerprint density at radius 3 is 2.84 bits per heavy atom. The summed E-state index contributed by atoms with van der Waals surface area (Å²) in [6, 6.07) is 14.0. The predicted octanol–water partition coefficient (Wildman–Crippen LogP) is 2.85. The van der Waals surface area contributed by atoms with E-state index in [1.807, 2.05) is 47.8 Å². The highest BCUT2D eigenvalue weighted by molar-refractivity contribution is 7.10. The van der Waals surface area contributed by atoms with Crippen molar-refractivity contribution < 1.29 is 9.53 Å². The second-order valence-corrected chi connectivity index (χ2v) is 5.60. The van der Waals surface area contributed by atoms with Crippen LogP contribution in [0.2, 0.25) is 0 Å². The molecule has 2 aromatic rings. The van der Waals surface area contributed by atoms with E-state index in [9.17, 15) is 4.79 Å². The van der Waals surface area contributed by atoms with Crippen LogP contribution in [0.3, 0.4) is 0 Å². The van der Waals surface area contributed by atoms with Crippen LogP contribution in [0, 0.1) is 0 Å². The summed E-state index contributed by atoms with van der Waals surface area (Å²) in [6.45, 7) is 1.04. The Bertz CT molecular complexity index is 539. The maximum atomic E-state index is 12.1. The number of hydrogen-bond donors (Lipinski definition) is 0. The van der Waals surface area contributed by atoms with Crippen LogP contribution < -0.4 is 0 Å². The number of carbonyl (C=O) groups excluding carboxylic acids is 1. The lowest BCUT2D eigenvalue weighted by molar-refractivity contribution is -0.130. The van der Waals surface area contributed by atoms with Crippen molar-refractivity contribution in [1.82, 2.24) is 4.90 Å². The average Bonchev–Trinajstić information content (AvgIpc) is 3.10. The summed E-state index contributed by atoms with van der Waals surface area (Å²) >= 11 is 1.62. The van der Waals surface area contributed by atoms with Gasteiger partial charge in [0.15, 0.2) is 0 Å². The third-order valence-electron chi connectivity index (χ3n) is 3.25. The van der Waals surface area contributed by atoms with Crippen LogP contribution >= 0.6 is 11.3 Å². The molecule has 1 aliphatic heterocycles. The molecule has 1 atom stereocenters. The first kappa shape index (κ1) is 12.4. The first-order valence-corrected chi connectivity index (χ1v) is 7.17. The molecule has 0 bridgehead atoms. The van der Waals surface area contributed by atoms with Crippen molar-refractivity contribution in [3.05, 3.63) is 58.3 Å². The fourth-order valence-electron chi connectivity index (χ4n) is 2.20. The number of ether oxygens (including phenoxy) is 1. The van der Waals surface area contributed by atoms with E-state index in [1.54, 1.807) is 16.2 Å². The number of nitrogens with zero attached hydrogens (tertiary/aromatic N) is 1. The Morgan fingerprint density at radius 2 is 2.11 bits per heavy atom. The van der Waals surface area contributed by atoms with Crippen molar-refractivity contribution in [2.45, 2.75) is 12.5 Å². The Labute approximate surface area is 116 Å². The van der Waals surface area contributed by atoms with Crippen LogP contribution in [0.5, 0.6) is 0 Å². The molecule has 3 rings (SSSR count). The van der Waals surface area contributed by atoms with Gasteiger partial charge in [0, 0.05) is 4.88 Å². The zero-order valence-corrected chi connectivity index (χ0v) is 11.3. The molecule has 1 amide bonds. The van der Waals surface area contributed by atoms with Gasteiger partial charge in [-0.2, -0.15) is 0 Å². The minimum atomic E-state index is 0.00786. The van der Waals surface area contributed by atoms with Crippen molar-refractivity contribution in [2.24, 2.45) is 0 Å². The summed E-state index contributed by atoms with van der Waals surface area (Å²) in [6.07, 6.45) is 0.483. The van der Waals surface area contributed by atoms with Gasteiger partial charge in [-0.1, -0.05) is 36.4 Å². The number of amides is 1. The zero-order valence-electron chi connectivity index (χ0n) is 10.5. The molecule has 1 saturated heterocycles. The van der Waals surface area contributed by atoms with Gasteiger partial charge in [-0.05, 0) is 17.0 Å². The van der Waals surface area contributed by atoms with Gasteiger partial charge in [-0.15, -0.1) is 11.3 Å². The Hall–Kier alpha value is -1.65. The van der Waals surface area contributed by atoms with Crippen molar-refractivity contribution in [3.8, 4) is 0 Å². The van der Waals surface area contributed by atoms with Gasteiger partial charge in [-0.25, -0.2) is 0 Å². The van der Waals surface area contributed by atoms with Gasteiger partial charge in [0.05, 0.1) is 13.0 Å². The molecule has 1 aliphatic rings. The van der Waals surface area contributed by atoms with E-state index < -0.39 is 0 Å². The van der Waals surface area contributed by atoms with Gasteiger partial charge >= 0.3 is 0 Å². The number of thiophene rings is 1. The molecule has 19 heavy (non-hydrogen) atoms. The molecule has 3 nitrogen and oxygen atoms in total. The average molecular weight is 273 g/mol. The van der Waals surface area contributed by atoms with Gasteiger partial charge < -0.3 is 9.64 Å². The van der Waals surface area contributed by atoms with Crippen LogP contribution in [0.15, 0.2) is 47.8 Å². The molecule has 0 spiro atoms. The molecule has 0 N–H and O–H groups in total. The summed E-state index contributed by atoms with van der Waals surface area (Å²) in [5.74, 6) is 0.140. The monoisotopic (exact) mass is 273 g/mol.